The number of rotatable bonds is 2. The van der Waals surface area contributed by atoms with Gasteiger partial charge in [0.2, 0.25) is 0 Å². The van der Waals surface area contributed by atoms with Gasteiger partial charge in [0.25, 0.3) is 0 Å². The number of alkyl halides is 1. The maximum Gasteiger partial charge on any atom is 0.133 e. The predicted octanol–water partition coefficient (Wildman–Crippen LogP) is 3.82. The summed E-state index contributed by atoms with van der Waals surface area (Å²) in [7, 11) is 0. The molecule has 1 saturated heterocycles. The van der Waals surface area contributed by atoms with E-state index in [1.807, 2.05) is 6.20 Å². The van der Waals surface area contributed by atoms with Crippen molar-refractivity contribution in [2.45, 2.75) is 25.6 Å². The second-order valence-corrected chi connectivity index (χ2v) is 5.62. The Kier molecular flexibility index (Phi) is 4.09. The third-order valence-corrected chi connectivity index (χ3v) is 3.86. The summed E-state index contributed by atoms with van der Waals surface area (Å²) in [5.74, 6) is 2.42. The Morgan fingerprint density at radius 3 is 2.81 bits per heavy atom. The zero-order valence-electron chi connectivity index (χ0n) is 9.42. The van der Waals surface area contributed by atoms with E-state index in [0.717, 1.165) is 34.9 Å². The van der Waals surface area contributed by atoms with Gasteiger partial charge in [-0.15, -0.1) is 11.6 Å². The van der Waals surface area contributed by atoms with Gasteiger partial charge in [0.05, 0.1) is 5.88 Å². The monoisotopic (exact) mass is 302 g/mol. The maximum absolute atomic E-state index is 5.96. The summed E-state index contributed by atoms with van der Waals surface area (Å²) < 4.78 is 0.997. The van der Waals surface area contributed by atoms with E-state index in [-0.39, 0.29) is 0 Å². The summed E-state index contributed by atoms with van der Waals surface area (Å²) in [6.07, 6.45) is 4.35. The predicted molar refractivity (Wildman–Crippen MR) is 72.1 cm³/mol. The first-order valence-electron chi connectivity index (χ1n) is 5.66. The minimum absolute atomic E-state index is 0.522. The zero-order chi connectivity index (χ0) is 11.5. The summed E-state index contributed by atoms with van der Waals surface area (Å²) in [5, 5.41) is 0. The fourth-order valence-electron chi connectivity index (χ4n) is 2.08. The molecule has 0 saturated carbocycles. The molecule has 16 heavy (non-hydrogen) atoms. The van der Waals surface area contributed by atoms with E-state index in [4.69, 9.17) is 11.6 Å². The standard InChI is InChI=1S/C12H16BrClN2/c1-9-2-4-16(5-3-9)12-10(7-14)6-11(13)8-15-12/h6,8-9H,2-5,7H2,1H3. The molecule has 1 aromatic heterocycles. The van der Waals surface area contributed by atoms with Gasteiger partial charge in [-0.25, -0.2) is 4.98 Å². The molecule has 0 N–H and O–H groups in total. The van der Waals surface area contributed by atoms with Crippen LogP contribution in [0.5, 0.6) is 0 Å². The van der Waals surface area contributed by atoms with E-state index < -0.39 is 0 Å². The molecule has 4 heteroatoms. The molecule has 0 radical (unpaired) electrons. The van der Waals surface area contributed by atoms with E-state index in [2.05, 4.69) is 38.8 Å². The molecule has 2 heterocycles. The molecule has 0 aliphatic carbocycles. The number of halogens is 2. The van der Waals surface area contributed by atoms with Crippen LogP contribution in [-0.4, -0.2) is 18.1 Å². The fourth-order valence-corrected chi connectivity index (χ4v) is 2.65. The van der Waals surface area contributed by atoms with Crippen molar-refractivity contribution in [1.29, 1.82) is 0 Å². The van der Waals surface area contributed by atoms with Gasteiger partial charge < -0.3 is 4.90 Å². The minimum atomic E-state index is 0.522. The average Bonchev–Trinajstić information content (AvgIpc) is 2.30. The van der Waals surface area contributed by atoms with E-state index >= 15 is 0 Å². The summed E-state index contributed by atoms with van der Waals surface area (Å²) >= 11 is 9.40. The van der Waals surface area contributed by atoms with Crippen LogP contribution in [0.1, 0.15) is 25.3 Å². The zero-order valence-corrected chi connectivity index (χ0v) is 11.8. The average molecular weight is 304 g/mol. The first-order valence-corrected chi connectivity index (χ1v) is 6.99. The number of hydrogen-bond donors (Lipinski definition) is 0. The molecule has 0 bridgehead atoms. The molecule has 0 unspecified atom stereocenters. The second-order valence-electron chi connectivity index (χ2n) is 4.44. The van der Waals surface area contributed by atoms with Crippen LogP contribution >= 0.6 is 27.5 Å². The van der Waals surface area contributed by atoms with Gasteiger partial charge in [0, 0.05) is 29.3 Å². The van der Waals surface area contributed by atoms with E-state index in [9.17, 15) is 0 Å². The highest BCUT2D eigenvalue weighted by molar-refractivity contribution is 9.10. The largest absolute Gasteiger partial charge is 0.356 e. The highest BCUT2D eigenvalue weighted by atomic mass is 79.9. The summed E-state index contributed by atoms with van der Waals surface area (Å²) in [5.41, 5.74) is 1.12. The molecule has 2 rings (SSSR count). The Bertz CT molecular complexity index is 362. The Morgan fingerprint density at radius 1 is 1.50 bits per heavy atom. The van der Waals surface area contributed by atoms with Crippen LogP contribution in [0.3, 0.4) is 0 Å². The number of hydrogen-bond acceptors (Lipinski definition) is 2. The summed E-state index contributed by atoms with van der Waals surface area (Å²) in [4.78, 5) is 6.84. The molecule has 0 amide bonds. The van der Waals surface area contributed by atoms with Gasteiger partial charge >= 0.3 is 0 Å². The van der Waals surface area contributed by atoms with Crippen molar-refractivity contribution in [3.8, 4) is 0 Å². The van der Waals surface area contributed by atoms with Crippen LogP contribution in [0.25, 0.3) is 0 Å². The van der Waals surface area contributed by atoms with Crippen molar-refractivity contribution in [3.63, 3.8) is 0 Å². The van der Waals surface area contributed by atoms with Gasteiger partial charge in [0.1, 0.15) is 5.82 Å². The number of pyridine rings is 1. The number of piperidine rings is 1. The second kappa shape index (κ2) is 5.37. The Morgan fingerprint density at radius 2 is 2.19 bits per heavy atom. The van der Waals surface area contributed by atoms with Gasteiger partial charge in [-0.05, 0) is 40.8 Å². The molecule has 1 aliphatic heterocycles. The van der Waals surface area contributed by atoms with Crippen LogP contribution in [0, 0.1) is 5.92 Å². The third kappa shape index (κ3) is 2.69. The molecule has 2 nitrogen and oxygen atoms in total. The van der Waals surface area contributed by atoms with Crippen LogP contribution in [0.2, 0.25) is 0 Å². The van der Waals surface area contributed by atoms with E-state index in [0.29, 0.717) is 5.88 Å². The first-order chi connectivity index (χ1) is 7.70. The molecule has 88 valence electrons. The van der Waals surface area contributed by atoms with Gasteiger partial charge in [-0.3, -0.25) is 0 Å². The summed E-state index contributed by atoms with van der Waals surface area (Å²) in [6, 6.07) is 2.06. The van der Waals surface area contributed by atoms with Crippen LogP contribution < -0.4 is 4.90 Å². The van der Waals surface area contributed by atoms with Crippen molar-refractivity contribution in [3.05, 3.63) is 22.3 Å². The number of nitrogens with zero attached hydrogens (tertiary/aromatic N) is 2. The number of anilines is 1. The lowest BCUT2D eigenvalue weighted by molar-refractivity contribution is 0.436. The van der Waals surface area contributed by atoms with Crippen molar-refractivity contribution in [2.75, 3.05) is 18.0 Å². The molecular weight excluding hydrogens is 288 g/mol. The number of aromatic nitrogens is 1. The van der Waals surface area contributed by atoms with E-state index in [1.165, 1.54) is 12.8 Å². The SMILES string of the molecule is CC1CCN(c2ncc(Br)cc2CCl)CC1. The molecule has 0 aromatic carbocycles. The van der Waals surface area contributed by atoms with Gasteiger partial charge in [-0.2, -0.15) is 0 Å². The minimum Gasteiger partial charge on any atom is -0.356 e. The van der Waals surface area contributed by atoms with E-state index in [1.54, 1.807) is 0 Å². The smallest absolute Gasteiger partial charge is 0.133 e. The van der Waals surface area contributed by atoms with Crippen molar-refractivity contribution in [1.82, 2.24) is 4.98 Å². The maximum atomic E-state index is 5.96. The third-order valence-electron chi connectivity index (χ3n) is 3.14. The van der Waals surface area contributed by atoms with Gasteiger partial charge in [0.15, 0.2) is 0 Å². The van der Waals surface area contributed by atoms with Crippen LogP contribution in [0.4, 0.5) is 5.82 Å². The quantitative estimate of drug-likeness (QED) is 0.772. The molecule has 1 aromatic rings. The molecule has 1 fully saturated rings. The van der Waals surface area contributed by atoms with Crippen molar-refractivity contribution in [2.24, 2.45) is 5.92 Å². The molecule has 1 aliphatic rings. The van der Waals surface area contributed by atoms with Crippen molar-refractivity contribution < 1.29 is 0 Å². The Hall–Kier alpha value is -0.280. The molecule has 0 spiro atoms. The fraction of sp³-hybridized carbons (Fsp3) is 0.583. The molecule has 0 atom stereocenters. The summed E-state index contributed by atoms with van der Waals surface area (Å²) in [6.45, 7) is 4.51. The lowest BCUT2D eigenvalue weighted by atomic mass is 9.99. The van der Waals surface area contributed by atoms with Crippen LogP contribution in [0.15, 0.2) is 16.7 Å². The highest BCUT2D eigenvalue weighted by Crippen LogP contribution is 2.27. The van der Waals surface area contributed by atoms with Crippen LogP contribution in [-0.2, 0) is 5.88 Å². The first kappa shape index (κ1) is 12.2. The van der Waals surface area contributed by atoms with Crippen molar-refractivity contribution >= 4 is 33.3 Å². The lowest BCUT2D eigenvalue weighted by Crippen LogP contribution is -2.34. The lowest BCUT2D eigenvalue weighted by Gasteiger charge is -2.32. The molecular formula is C12H16BrClN2. The highest BCUT2D eigenvalue weighted by Gasteiger charge is 2.19. The Labute approximate surface area is 110 Å². The Balaban J connectivity index is 2.19. The normalized spacial score (nSPS) is 17.8. The topological polar surface area (TPSA) is 16.1 Å². The van der Waals surface area contributed by atoms with Gasteiger partial charge in [-0.1, -0.05) is 6.92 Å².